The smallest absolute Gasteiger partial charge is 0.367 e. The van der Waals surface area contributed by atoms with E-state index in [1.54, 1.807) is 6.07 Å². The lowest BCUT2D eigenvalue weighted by Gasteiger charge is -2.32. The molecule has 2 N–H and O–H groups in total. The van der Waals surface area contributed by atoms with E-state index >= 15 is 0 Å². The first-order valence-electron chi connectivity index (χ1n) is 10.4. The number of amides is 1. The Morgan fingerprint density at radius 2 is 1.91 bits per heavy atom. The zero-order chi connectivity index (χ0) is 22.7. The number of hydrogen-bond acceptors (Lipinski definition) is 6. The summed E-state index contributed by atoms with van der Waals surface area (Å²) in [4.78, 5) is 22.7. The number of alkyl halides is 3. The minimum atomic E-state index is -4.24. The molecule has 0 bridgehead atoms. The first-order chi connectivity index (χ1) is 15.2. The summed E-state index contributed by atoms with van der Waals surface area (Å²) in [6.07, 6.45) is -1.96. The molecule has 2 aromatic heterocycles. The minimum Gasteiger partial charge on any atom is -0.367 e. The van der Waals surface area contributed by atoms with Gasteiger partial charge in [-0.2, -0.15) is 13.2 Å². The molecule has 1 fully saturated rings. The van der Waals surface area contributed by atoms with Gasteiger partial charge in [-0.05, 0) is 36.6 Å². The topological polar surface area (TPSA) is 70.2 Å². The minimum absolute atomic E-state index is 0.0905. The maximum Gasteiger partial charge on any atom is 0.393 e. The van der Waals surface area contributed by atoms with Crippen LogP contribution in [0.1, 0.15) is 30.2 Å². The molecule has 1 aliphatic heterocycles. The number of likely N-dealkylation sites (tertiary alicyclic amines) is 1. The van der Waals surface area contributed by atoms with Gasteiger partial charge < -0.3 is 10.6 Å². The third kappa shape index (κ3) is 5.95. The molecule has 3 heterocycles. The van der Waals surface area contributed by atoms with Gasteiger partial charge in [0.15, 0.2) is 0 Å². The number of carbonyl (C=O) groups excluding carboxylic acids is 1. The highest BCUT2D eigenvalue weighted by Crippen LogP contribution is 2.33. The fourth-order valence-electron chi connectivity index (χ4n) is 3.89. The molecule has 1 aromatic carbocycles. The Labute approximate surface area is 187 Å². The summed E-state index contributed by atoms with van der Waals surface area (Å²) in [6.45, 7) is 4.12. The number of nitrogens with zero attached hydrogens (tertiary/aromatic N) is 3. The molecule has 10 heteroatoms. The van der Waals surface area contributed by atoms with Crippen molar-refractivity contribution in [1.29, 1.82) is 0 Å². The van der Waals surface area contributed by atoms with Gasteiger partial charge in [0, 0.05) is 43.2 Å². The second-order valence-electron chi connectivity index (χ2n) is 8.02. The van der Waals surface area contributed by atoms with Crippen LogP contribution in [0.25, 0.3) is 10.2 Å². The second kappa shape index (κ2) is 9.41. The average Bonchev–Trinajstić information content (AvgIpc) is 3.12. The Kier molecular flexibility index (Phi) is 6.61. The van der Waals surface area contributed by atoms with Crippen LogP contribution in [0.2, 0.25) is 0 Å². The molecule has 1 saturated heterocycles. The predicted octanol–water partition coefficient (Wildman–Crippen LogP) is 4.83. The van der Waals surface area contributed by atoms with Gasteiger partial charge in [-0.1, -0.05) is 12.1 Å². The van der Waals surface area contributed by atoms with Gasteiger partial charge in [0.05, 0.1) is 11.8 Å². The molecule has 32 heavy (non-hydrogen) atoms. The van der Waals surface area contributed by atoms with E-state index in [-0.39, 0.29) is 16.8 Å². The molecular weight excluding hydrogens is 439 g/mol. The summed E-state index contributed by atoms with van der Waals surface area (Å²) in [5.41, 5.74) is 1.96. The maximum absolute atomic E-state index is 12.7. The highest BCUT2D eigenvalue weighted by atomic mass is 32.1. The first-order valence-corrected chi connectivity index (χ1v) is 11.2. The van der Waals surface area contributed by atoms with Gasteiger partial charge >= 0.3 is 6.18 Å². The number of carbonyl (C=O) groups is 1. The lowest BCUT2D eigenvalue weighted by atomic mass is 10.0. The zero-order valence-corrected chi connectivity index (χ0v) is 18.4. The van der Waals surface area contributed by atoms with E-state index in [1.807, 2.05) is 24.3 Å². The molecule has 0 atom stereocenters. The van der Waals surface area contributed by atoms with Crippen molar-refractivity contribution in [3.8, 4) is 0 Å². The van der Waals surface area contributed by atoms with E-state index in [0.717, 1.165) is 49.5 Å². The Bertz CT molecular complexity index is 1080. The van der Waals surface area contributed by atoms with Gasteiger partial charge in [-0.25, -0.2) is 9.97 Å². The number of anilines is 2. The van der Waals surface area contributed by atoms with E-state index < -0.39 is 12.6 Å². The number of halogens is 3. The number of nitrogens with one attached hydrogen (secondary N) is 2. The Morgan fingerprint density at radius 3 is 2.56 bits per heavy atom. The van der Waals surface area contributed by atoms with Crippen molar-refractivity contribution in [2.75, 3.05) is 23.7 Å². The largest absolute Gasteiger partial charge is 0.393 e. The lowest BCUT2D eigenvalue weighted by Crippen LogP contribution is -2.38. The number of thiophene rings is 1. The number of fused-ring (bicyclic) bond motifs is 1. The predicted molar refractivity (Wildman–Crippen MR) is 120 cm³/mol. The van der Waals surface area contributed by atoms with Gasteiger partial charge in [0.25, 0.3) is 0 Å². The molecule has 0 spiro atoms. The van der Waals surface area contributed by atoms with Crippen LogP contribution in [0.15, 0.2) is 36.7 Å². The summed E-state index contributed by atoms with van der Waals surface area (Å²) >= 11 is 1.06. The highest BCUT2D eigenvalue weighted by Gasteiger charge is 2.29. The molecule has 6 nitrogen and oxygen atoms in total. The molecule has 170 valence electrons. The van der Waals surface area contributed by atoms with Crippen molar-refractivity contribution >= 4 is 39.0 Å². The normalized spacial score (nSPS) is 15.8. The van der Waals surface area contributed by atoms with Crippen LogP contribution in [0.4, 0.5) is 24.7 Å². The molecular formula is C22H24F3N5OS. The van der Waals surface area contributed by atoms with Crippen LogP contribution in [-0.4, -0.2) is 46.1 Å². The van der Waals surface area contributed by atoms with Gasteiger partial charge in [-0.3, -0.25) is 9.69 Å². The fourth-order valence-corrected chi connectivity index (χ4v) is 4.92. The van der Waals surface area contributed by atoms with Gasteiger partial charge in [0.2, 0.25) is 5.91 Å². The monoisotopic (exact) mass is 463 g/mol. The molecule has 0 radical (unpaired) electrons. The van der Waals surface area contributed by atoms with E-state index in [0.29, 0.717) is 16.0 Å². The molecule has 0 saturated carbocycles. The summed E-state index contributed by atoms with van der Waals surface area (Å²) < 4.78 is 38.2. The van der Waals surface area contributed by atoms with Crippen LogP contribution in [0.3, 0.4) is 0 Å². The second-order valence-corrected chi connectivity index (χ2v) is 9.13. The van der Waals surface area contributed by atoms with Crippen LogP contribution in [0.5, 0.6) is 0 Å². The molecule has 4 rings (SSSR count). The van der Waals surface area contributed by atoms with Crippen molar-refractivity contribution in [2.24, 2.45) is 0 Å². The number of piperidine rings is 1. The van der Waals surface area contributed by atoms with Gasteiger partial charge in [-0.15, -0.1) is 11.3 Å². The van der Waals surface area contributed by atoms with Crippen LogP contribution >= 0.6 is 11.3 Å². The molecule has 0 aliphatic carbocycles. The summed E-state index contributed by atoms with van der Waals surface area (Å²) in [5.74, 6) is 0.513. The molecule has 3 aromatic rings. The fraction of sp³-hybridized carbons (Fsp3) is 0.409. The van der Waals surface area contributed by atoms with E-state index in [1.165, 1.54) is 18.8 Å². The number of benzene rings is 1. The highest BCUT2D eigenvalue weighted by molar-refractivity contribution is 7.18. The van der Waals surface area contributed by atoms with Crippen LogP contribution in [0, 0.1) is 0 Å². The first kappa shape index (κ1) is 22.5. The van der Waals surface area contributed by atoms with Crippen molar-refractivity contribution in [2.45, 2.75) is 44.9 Å². The third-order valence-corrected chi connectivity index (χ3v) is 6.41. The van der Waals surface area contributed by atoms with Crippen molar-refractivity contribution < 1.29 is 18.0 Å². The van der Waals surface area contributed by atoms with Crippen molar-refractivity contribution in [3.63, 3.8) is 0 Å². The number of hydrogen-bond donors (Lipinski definition) is 2. The number of rotatable bonds is 6. The summed E-state index contributed by atoms with van der Waals surface area (Å²) in [7, 11) is 0. The van der Waals surface area contributed by atoms with Crippen LogP contribution < -0.4 is 10.6 Å². The van der Waals surface area contributed by atoms with Gasteiger partial charge in [0.1, 0.15) is 17.0 Å². The SMILES string of the molecule is CC(=O)Nc1ccc(CN2CCC(Nc3ncnc4sc(CC(F)(F)F)cc34)CC2)cc1. The average molecular weight is 464 g/mol. The number of aromatic nitrogens is 2. The molecule has 1 aliphatic rings. The Morgan fingerprint density at radius 1 is 1.19 bits per heavy atom. The van der Waals surface area contributed by atoms with Crippen molar-refractivity contribution in [3.05, 3.63) is 47.1 Å². The van der Waals surface area contributed by atoms with E-state index in [9.17, 15) is 18.0 Å². The summed E-state index contributed by atoms with van der Waals surface area (Å²) in [5, 5.41) is 6.83. The lowest BCUT2D eigenvalue weighted by molar-refractivity contribution is -0.126. The Hall–Kier alpha value is -2.72. The summed E-state index contributed by atoms with van der Waals surface area (Å²) in [6, 6.07) is 9.59. The van der Waals surface area contributed by atoms with E-state index in [4.69, 9.17) is 0 Å². The maximum atomic E-state index is 12.7. The zero-order valence-electron chi connectivity index (χ0n) is 17.6. The van der Waals surface area contributed by atoms with Crippen LogP contribution in [-0.2, 0) is 17.8 Å². The van der Waals surface area contributed by atoms with E-state index in [2.05, 4.69) is 25.5 Å². The standard InChI is InChI=1S/C22H24F3N5OS/c1-14(31)28-16-4-2-15(3-5-16)12-30-8-6-17(7-9-30)29-20-19-10-18(11-22(23,24)25)32-21(19)27-13-26-20/h2-5,10,13,17H,6-9,11-12H2,1H3,(H,28,31)(H,26,27,29). The third-order valence-electron chi connectivity index (χ3n) is 5.36. The molecule has 1 amide bonds. The quantitative estimate of drug-likeness (QED) is 0.548. The molecule has 0 unspecified atom stereocenters. The van der Waals surface area contributed by atoms with Crippen molar-refractivity contribution in [1.82, 2.24) is 14.9 Å². The Balaban J connectivity index is 1.33.